The van der Waals surface area contributed by atoms with Crippen LogP contribution in [-0.4, -0.2) is 16.5 Å². The number of nitrogens with one attached hydrogen (secondary N) is 1. The number of pyridine rings is 1. The third-order valence-electron chi connectivity index (χ3n) is 2.72. The van der Waals surface area contributed by atoms with Gasteiger partial charge in [-0.3, -0.25) is 10.1 Å². The third-order valence-corrected chi connectivity index (χ3v) is 4.11. The first kappa shape index (κ1) is 15.6. The van der Waals surface area contributed by atoms with Gasteiger partial charge in [-0.15, -0.1) is 0 Å². The Labute approximate surface area is 131 Å². The lowest BCUT2D eigenvalue weighted by Crippen LogP contribution is -2.01. The molecule has 0 radical (unpaired) electrons. The van der Waals surface area contributed by atoms with Gasteiger partial charge in [0.25, 0.3) is 0 Å². The van der Waals surface area contributed by atoms with Gasteiger partial charge in [-0.2, -0.15) is 0 Å². The van der Waals surface area contributed by atoms with E-state index in [1.807, 2.05) is 25.1 Å². The zero-order valence-corrected chi connectivity index (χ0v) is 12.9. The molecule has 2 aromatic rings. The molecule has 1 heterocycles. The van der Waals surface area contributed by atoms with Crippen LogP contribution in [0.2, 0.25) is 5.02 Å². The first-order chi connectivity index (χ1) is 10.1. The van der Waals surface area contributed by atoms with Gasteiger partial charge in [0, 0.05) is 23.4 Å². The predicted octanol–water partition coefficient (Wildman–Crippen LogP) is 4.37. The summed E-state index contributed by atoms with van der Waals surface area (Å²) < 4.78 is 0. The number of nitro groups is 1. The van der Waals surface area contributed by atoms with Crippen LogP contribution in [0.25, 0.3) is 0 Å². The van der Waals surface area contributed by atoms with Crippen molar-refractivity contribution in [3.63, 3.8) is 0 Å². The van der Waals surface area contributed by atoms with Gasteiger partial charge in [0.05, 0.1) is 4.92 Å². The van der Waals surface area contributed by atoms with Crippen molar-refractivity contribution in [3.8, 4) is 0 Å². The van der Waals surface area contributed by atoms with Crippen LogP contribution < -0.4 is 5.32 Å². The summed E-state index contributed by atoms with van der Waals surface area (Å²) in [5, 5.41) is 15.2. The number of hydrogen-bond donors (Lipinski definition) is 1. The van der Waals surface area contributed by atoms with Gasteiger partial charge in [0.15, 0.2) is 5.03 Å². The summed E-state index contributed by atoms with van der Waals surface area (Å²) in [6.45, 7) is 2.65. The number of hydrogen-bond acceptors (Lipinski definition) is 5. The monoisotopic (exact) mass is 323 g/mol. The Kier molecular flexibility index (Phi) is 5.41. The Balaban J connectivity index is 2.22. The molecule has 0 saturated carbocycles. The average molecular weight is 324 g/mol. The largest absolute Gasteiger partial charge is 0.370 e. The van der Waals surface area contributed by atoms with Crippen LogP contribution in [0.4, 0.5) is 11.5 Å². The molecule has 7 heteroatoms. The quantitative estimate of drug-likeness (QED) is 0.486. The zero-order chi connectivity index (χ0) is 15.2. The summed E-state index contributed by atoms with van der Waals surface area (Å²) in [5.41, 5.74) is 0.933. The highest BCUT2D eigenvalue weighted by Crippen LogP contribution is 2.32. The van der Waals surface area contributed by atoms with E-state index < -0.39 is 4.92 Å². The lowest BCUT2D eigenvalue weighted by molar-refractivity contribution is -0.388. The summed E-state index contributed by atoms with van der Waals surface area (Å²) in [7, 11) is 0. The normalized spacial score (nSPS) is 10.4. The van der Waals surface area contributed by atoms with E-state index in [0.29, 0.717) is 28.2 Å². The van der Waals surface area contributed by atoms with E-state index >= 15 is 0 Å². The minimum absolute atomic E-state index is 0.00806. The third kappa shape index (κ3) is 4.09. The Morgan fingerprint density at radius 1 is 1.33 bits per heavy atom. The van der Waals surface area contributed by atoms with Crippen LogP contribution in [0.15, 0.2) is 41.4 Å². The van der Waals surface area contributed by atoms with Gasteiger partial charge >= 0.3 is 5.69 Å². The average Bonchev–Trinajstić information content (AvgIpc) is 2.46. The van der Waals surface area contributed by atoms with Gasteiger partial charge in [-0.25, -0.2) is 4.98 Å². The lowest BCUT2D eigenvalue weighted by atomic mass is 10.2. The SMILES string of the molecule is CCNc1ccc([N+](=O)[O-])c(SCc2ccccc2Cl)n1. The molecule has 1 aromatic heterocycles. The molecule has 1 aromatic carbocycles. The molecule has 0 unspecified atom stereocenters. The lowest BCUT2D eigenvalue weighted by Gasteiger charge is -2.07. The van der Waals surface area contributed by atoms with Crippen molar-refractivity contribution >= 4 is 34.9 Å². The molecule has 110 valence electrons. The number of nitrogens with zero attached hydrogens (tertiary/aromatic N) is 2. The zero-order valence-electron chi connectivity index (χ0n) is 11.4. The highest BCUT2D eigenvalue weighted by molar-refractivity contribution is 7.98. The van der Waals surface area contributed by atoms with E-state index in [-0.39, 0.29) is 5.69 Å². The number of aromatic nitrogens is 1. The maximum atomic E-state index is 11.1. The fraction of sp³-hybridized carbons (Fsp3) is 0.214. The summed E-state index contributed by atoms with van der Waals surface area (Å²) in [6, 6.07) is 10.5. The second kappa shape index (κ2) is 7.28. The Morgan fingerprint density at radius 3 is 2.76 bits per heavy atom. The number of benzene rings is 1. The van der Waals surface area contributed by atoms with E-state index in [4.69, 9.17) is 11.6 Å². The highest BCUT2D eigenvalue weighted by atomic mass is 35.5. The maximum absolute atomic E-state index is 11.1. The van der Waals surface area contributed by atoms with Crippen molar-refractivity contribution in [1.29, 1.82) is 0 Å². The Hall–Kier alpha value is -1.79. The van der Waals surface area contributed by atoms with Crippen LogP contribution in [0.1, 0.15) is 12.5 Å². The molecule has 1 N–H and O–H groups in total. The molecule has 0 aliphatic heterocycles. The van der Waals surface area contributed by atoms with E-state index in [0.717, 1.165) is 5.56 Å². The second-order valence-electron chi connectivity index (χ2n) is 4.19. The molecular weight excluding hydrogens is 310 g/mol. The fourth-order valence-electron chi connectivity index (χ4n) is 1.72. The van der Waals surface area contributed by atoms with E-state index in [2.05, 4.69) is 10.3 Å². The molecule has 0 spiro atoms. The number of anilines is 1. The van der Waals surface area contributed by atoms with Crippen LogP contribution in [0.5, 0.6) is 0 Å². The molecule has 0 bridgehead atoms. The smallest absolute Gasteiger partial charge is 0.301 e. The summed E-state index contributed by atoms with van der Waals surface area (Å²) in [5.74, 6) is 1.16. The summed E-state index contributed by atoms with van der Waals surface area (Å²) in [4.78, 5) is 15.0. The molecule has 0 fully saturated rings. The topological polar surface area (TPSA) is 68.1 Å². The van der Waals surface area contributed by atoms with Crippen molar-refractivity contribution < 1.29 is 4.92 Å². The van der Waals surface area contributed by atoms with Gasteiger partial charge in [0.1, 0.15) is 5.82 Å². The first-order valence-corrected chi connectivity index (χ1v) is 7.73. The maximum Gasteiger partial charge on any atom is 0.301 e. The molecule has 0 aliphatic rings. The van der Waals surface area contributed by atoms with Gasteiger partial charge in [-0.05, 0) is 24.6 Å². The summed E-state index contributed by atoms with van der Waals surface area (Å²) >= 11 is 7.40. The molecule has 0 aliphatic carbocycles. The van der Waals surface area contributed by atoms with Gasteiger partial charge < -0.3 is 5.32 Å². The van der Waals surface area contributed by atoms with Crippen LogP contribution in [0, 0.1) is 10.1 Å². The minimum Gasteiger partial charge on any atom is -0.370 e. The predicted molar refractivity (Wildman–Crippen MR) is 86.1 cm³/mol. The van der Waals surface area contributed by atoms with Crippen LogP contribution >= 0.6 is 23.4 Å². The first-order valence-electron chi connectivity index (χ1n) is 6.37. The number of rotatable bonds is 6. The van der Waals surface area contributed by atoms with Crippen molar-refractivity contribution in [3.05, 3.63) is 57.1 Å². The van der Waals surface area contributed by atoms with Crippen molar-refractivity contribution in [1.82, 2.24) is 4.98 Å². The molecule has 5 nitrogen and oxygen atoms in total. The number of halogens is 1. The molecule has 2 rings (SSSR count). The molecule has 0 saturated heterocycles. The fourth-order valence-corrected chi connectivity index (χ4v) is 3.00. The standard InChI is InChI=1S/C14H14ClN3O2S/c1-2-16-13-8-7-12(18(19)20)14(17-13)21-9-10-5-3-4-6-11(10)15/h3-8H,2,9H2,1H3,(H,16,17). The summed E-state index contributed by atoms with van der Waals surface area (Å²) in [6.07, 6.45) is 0. The molecule has 0 atom stereocenters. The second-order valence-corrected chi connectivity index (χ2v) is 5.56. The van der Waals surface area contributed by atoms with E-state index in [1.54, 1.807) is 12.1 Å². The van der Waals surface area contributed by atoms with Crippen molar-refractivity contribution in [2.75, 3.05) is 11.9 Å². The minimum atomic E-state index is -0.419. The van der Waals surface area contributed by atoms with Crippen molar-refractivity contribution in [2.45, 2.75) is 17.7 Å². The van der Waals surface area contributed by atoms with Crippen molar-refractivity contribution in [2.24, 2.45) is 0 Å². The Bertz CT molecular complexity index is 652. The number of thioether (sulfide) groups is 1. The van der Waals surface area contributed by atoms with E-state index in [1.165, 1.54) is 17.8 Å². The molecule has 21 heavy (non-hydrogen) atoms. The van der Waals surface area contributed by atoms with E-state index in [9.17, 15) is 10.1 Å². The molecular formula is C14H14ClN3O2S. The molecule has 0 amide bonds. The Morgan fingerprint density at radius 2 is 2.10 bits per heavy atom. The van der Waals surface area contributed by atoms with Gasteiger partial charge in [-0.1, -0.05) is 41.6 Å². The highest BCUT2D eigenvalue weighted by Gasteiger charge is 2.17. The van der Waals surface area contributed by atoms with Crippen LogP contribution in [-0.2, 0) is 5.75 Å². The van der Waals surface area contributed by atoms with Crippen LogP contribution in [0.3, 0.4) is 0 Å². The van der Waals surface area contributed by atoms with Gasteiger partial charge in [0.2, 0.25) is 0 Å².